The van der Waals surface area contributed by atoms with Gasteiger partial charge >= 0.3 is 5.69 Å². The summed E-state index contributed by atoms with van der Waals surface area (Å²) in [5, 5.41) is 8.81. The molecule has 1 fully saturated rings. The predicted octanol–water partition coefficient (Wildman–Crippen LogP) is 2.44. The number of hydrogen-bond acceptors (Lipinski definition) is 4. The molecule has 0 unspecified atom stereocenters. The second-order valence-electron chi connectivity index (χ2n) is 6.85. The van der Waals surface area contributed by atoms with Crippen LogP contribution < -0.4 is 10.4 Å². The summed E-state index contributed by atoms with van der Waals surface area (Å²) in [5.74, 6) is 0.488. The minimum Gasteiger partial charge on any atom is -0.484 e. The molecule has 1 saturated heterocycles. The molecule has 1 aromatic heterocycles. The highest BCUT2D eigenvalue weighted by Crippen LogP contribution is 2.25. The van der Waals surface area contributed by atoms with Crippen LogP contribution in [0.1, 0.15) is 24.4 Å². The fourth-order valence-corrected chi connectivity index (χ4v) is 3.67. The third kappa shape index (κ3) is 3.49. The molecule has 7 heteroatoms. The number of amides is 1. The largest absolute Gasteiger partial charge is 0.484 e. The van der Waals surface area contributed by atoms with Crippen LogP contribution >= 0.6 is 0 Å². The maximum atomic E-state index is 12.4. The van der Waals surface area contributed by atoms with Crippen molar-refractivity contribution >= 4 is 16.9 Å². The number of benzene rings is 2. The van der Waals surface area contributed by atoms with Crippen molar-refractivity contribution < 1.29 is 9.53 Å². The molecule has 7 nitrogen and oxygen atoms in total. The molecule has 2 aromatic carbocycles. The van der Waals surface area contributed by atoms with E-state index >= 15 is 0 Å². The number of imidazole rings is 1. The number of fused-ring (bicyclic) bond motifs is 1. The Morgan fingerprint density at radius 3 is 2.57 bits per heavy atom. The van der Waals surface area contributed by atoms with Gasteiger partial charge in [0.2, 0.25) is 0 Å². The lowest BCUT2D eigenvalue weighted by Crippen LogP contribution is -2.42. The Labute approximate surface area is 161 Å². The first-order valence-electron chi connectivity index (χ1n) is 9.25. The standard InChI is InChI=1S/C21H20N4O3/c22-13-15-5-7-17(8-6-15)28-14-20(26)24-11-9-16(10-12-24)25-19-4-2-1-3-18(19)23-21(25)27/h1-8,16H,9-12,14H2,(H,23,27). The van der Waals surface area contributed by atoms with Gasteiger partial charge in [0.25, 0.3) is 5.91 Å². The van der Waals surface area contributed by atoms with Gasteiger partial charge in [-0.05, 0) is 49.2 Å². The topological polar surface area (TPSA) is 91.1 Å². The van der Waals surface area contributed by atoms with Gasteiger partial charge in [-0.25, -0.2) is 4.79 Å². The van der Waals surface area contributed by atoms with Crippen molar-refractivity contribution in [3.8, 4) is 11.8 Å². The van der Waals surface area contributed by atoms with Crippen LogP contribution in [0.2, 0.25) is 0 Å². The Bertz CT molecular complexity index is 1080. The van der Waals surface area contributed by atoms with Gasteiger partial charge in [0, 0.05) is 19.1 Å². The van der Waals surface area contributed by atoms with E-state index in [0.29, 0.717) is 24.4 Å². The number of ether oxygens (including phenoxy) is 1. The van der Waals surface area contributed by atoms with Crippen LogP contribution in [0.15, 0.2) is 53.3 Å². The van der Waals surface area contributed by atoms with Crippen LogP contribution in [0, 0.1) is 11.3 Å². The maximum Gasteiger partial charge on any atom is 0.326 e. The van der Waals surface area contributed by atoms with Gasteiger partial charge in [-0.15, -0.1) is 0 Å². The summed E-state index contributed by atoms with van der Waals surface area (Å²) in [4.78, 5) is 29.5. The molecular weight excluding hydrogens is 356 g/mol. The number of carbonyl (C=O) groups excluding carboxylic acids is 1. The summed E-state index contributed by atoms with van der Waals surface area (Å²) >= 11 is 0. The van der Waals surface area contributed by atoms with Crippen molar-refractivity contribution in [2.24, 2.45) is 0 Å². The van der Waals surface area contributed by atoms with Crippen molar-refractivity contribution in [2.75, 3.05) is 19.7 Å². The van der Waals surface area contributed by atoms with E-state index in [0.717, 1.165) is 23.9 Å². The zero-order valence-electron chi connectivity index (χ0n) is 15.3. The smallest absolute Gasteiger partial charge is 0.326 e. The predicted molar refractivity (Wildman–Crippen MR) is 104 cm³/mol. The lowest BCUT2D eigenvalue weighted by atomic mass is 10.0. The van der Waals surface area contributed by atoms with Crippen molar-refractivity contribution in [1.82, 2.24) is 14.5 Å². The maximum absolute atomic E-state index is 12.4. The van der Waals surface area contributed by atoms with E-state index < -0.39 is 0 Å². The normalized spacial score (nSPS) is 14.8. The summed E-state index contributed by atoms with van der Waals surface area (Å²) in [7, 11) is 0. The molecule has 0 spiro atoms. The van der Waals surface area contributed by atoms with Crippen molar-refractivity contribution in [3.05, 3.63) is 64.6 Å². The summed E-state index contributed by atoms with van der Waals surface area (Å²) < 4.78 is 7.35. The van der Waals surface area contributed by atoms with E-state index in [1.807, 2.05) is 34.9 Å². The lowest BCUT2D eigenvalue weighted by Gasteiger charge is -2.32. The Hall–Kier alpha value is -3.53. The number of nitrogens with one attached hydrogen (secondary N) is 1. The molecule has 142 valence electrons. The van der Waals surface area contributed by atoms with Crippen LogP contribution in [0.3, 0.4) is 0 Å². The number of aromatic nitrogens is 2. The molecule has 2 heterocycles. The molecule has 0 aliphatic carbocycles. The molecule has 1 aliphatic heterocycles. The fourth-order valence-electron chi connectivity index (χ4n) is 3.67. The number of aromatic amines is 1. The average Bonchev–Trinajstić information content (AvgIpc) is 3.08. The number of likely N-dealkylation sites (tertiary alicyclic amines) is 1. The van der Waals surface area contributed by atoms with Crippen LogP contribution in [0.25, 0.3) is 11.0 Å². The summed E-state index contributed by atoms with van der Waals surface area (Å²) in [6.45, 7) is 1.14. The van der Waals surface area contributed by atoms with E-state index in [1.165, 1.54) is 0 Å². The highest BCUT2D eigenvalue weighted by atomic mass is 16.5. The zero-order chi connectivity index (χ0) is 19.5. The van der Waals surface area contributed by atoms with Crippen LogP contribution in [-0.2, 0) is 4.79 Å². The number of para-hydroxylation sites is 2. The van der Waals surface area contributed by atoms with Crippen LogP contribution in [0.4, 0.5) is 0 Å². The molecule has 0 atom stereocenters. The molecule has 4 rings (SSSR count). The highest BCUT2D eigenvalue weighted by molar-refractivity contribution is 5.78. The Balaban J connectivity index is 1.35. The summed E-state index contributed by atoms with van der Waals surface area (Å²) in [6, 6.07) is 16.5. The first kappa shape index (κ1) is 17.9. The number of rotatable bonds is 4. The number of nitrogens with zero attached hydrogens (tertiary/aromatic N) is 3. The first-order chi connectivity index (χ1) is 13.7. The third-order valence-electron chi connectivity index (χ3n) is 5.15. The Morgan fingerprint density at radius 1 is 1.14 bits per heavy atom. The fraction of sp³-hybridized carbons (Fsp3) is 0.286. The molecule has 3 aromatic rings. The Kier molecular flexibility index (Phi) is 4.85. The van der Waals surface area contributed by atoms with Gasteiger partial charge in [0.05, 0.1) is 22.7 Å². The van der Waals surface area contributed by atoms with Gasteiger partial charge in [-0.3, -0.25) is 9.36 Å². The van der Waals surface area contributed by atoms with E-state index in [2.05, 4.69) is 4.98 Å². The molecule has 0 bridgehead atoms. The lowest BCUT2D eigenvalue weighted by molar-refractivity contribution is -0.134. The molecule has 1 aliphatic rings. The minimum absolute atomic E-state index is 0.0381. The molecule has 0 radical (unpaired) electrons. The van der Waals surface area contributed by atoms with Crippen molar-refractivity contribution in [2.45, 2.75) is 18.9 Å². The van der Waals surface area contributed by atoms with Gasteiger partial charge < -0.3 is 14.6 Å². The number of piperidine rings is 1. The third-order valence-corrected chi connectivity index (χ3v) is 5.15. The number of H-pyrrole nitrogens is 1. The SMILES string of the molecule is N#Cc1ccc(OCC(=O)N2CCC(n3c(=O)[nH]c4ccccc43)CC2)cc1. The van der Waals surface area contributed by atoms with E-state index in [4.69, 9.17) is 10.00 Å². The molecular formula is C21H20N4O3. The highest BCUT2D eigenvalue weighted by Gasteiger charge is 2.26. The van der Waals surface area contributed by atoms with Crippen LogP contribution in [0.5, 0.6) is 5.75 Å². The molecule has 1 amide bonds. The number of carbonyl (C=O) groups is 1. The number of nitriles is 1. The second kappa shape index (κ2) is 7.61. The van der Waals surface area contributed by atoms with Crippen LogP contribution in [-0.4, -0.2) is 40.1 Å². The van der Waals surface area contributed by atoms with Crippen molar-refractivity contribution in [1.29, 1.82) is 5.26 Å². The molecule has 28 heavy (non-hydrogen) atoms. The quantitative estimate of drug-likeness (QED) is 0.757. The summed E-state index contributed by atoms with van der Waals surface area (Å²) in [6.07, 6.45) is 1.45. The van der Waals surface area contributed by atoms with E-state index in [9.17, 15) is 9.59 Å². The van der Waals surface area contributed by atoms with E-state index in [-0.39, 0.29) is 24.2 Å². The van der Waals surface area contributed by atoms with Gasteiger partial charge in [-0.2, -0.15) is 5.26 Å². The average molecular weight is 376 g/mol. The van der Waals surface area contributed by atoms with Gasteiger partial charge in [0.15, 0.2) is 6.61 Å². The Morgan fingerprint density at radius 2 is 1.86 bits per heavy atom. The molecule has 1 N–H and O–H groups in total. The zero-order valence-corrected chi connectivity index (χ0v) is 15.3. The monoisotopic (exact) mass is 376 g/mol. The minimum atomic E-state index is -0.102. The second-order valence-corrected chi connectivity index (χ2v) is 6.85. The van der Waals surface area contributed by atoms with E-state index in [1.54, 1.807) is 29.2 Å². The first-order valence-corrected chi connectivity index (χ1v) is 9.25. The summed E-state index contributed by atoms with van der Waals surface area (Å²) in [5.41, 5.74) is 2.19. The number of hydrogen-bond donors (Lipinski definition) is 1. The van der Waals surface area contributed by atoms with Gasteiger partial charge in [-0.1, -0.05) is 12.1 Å². The molecule has 0 saturated carbocycles. The van der Waals surface area contributed by atoms with Crippen molar-refractivity contribution in [3.63, 3.8) is 0 Å². The van der Waals surface area contributed by atoms with Gasteiger partial charge in [0.1, 0.15) is 5.75 Å².